The Morgan fingerprint density at radius 2 is 1.35 bits per heavy atom. The summed E-state index contributed by atoms with van der Waals surface area (Å²) in [5, 5.41) is 139. The lowest BCUT2D eigenvalue weighted by Gasteiger charge is -2.48. The molecule has 8 aliphatic rings. The van der Waals surface area contributed by atoms with Gasteiger partial charge in [-0.1, -0.05) is 62.2 Å². The van der Waals surface area contributed by atoms with Crippen molar-refractivity contribution in [1.82, 2.24) is 52.1 Å². The molecule has 7 aliphatic heterocycles. The Labute approximate surface area is 694 Å². The third-order valence-corrected chi connectivity index (χ3v) is 22.7. The molecule has 6 aromatic rings. The second-order valence-corrected chi connectivity index (χ2v) is 32.1. The summed E-state index contributed by atoms with van der Waals surface area (Å²) in [6.45, 7) is 7.86. The van der Waals surface area contributed by atoms with E-state index in [1.54, 1.807) is 6.92 Å². The molecule has 0 spiro atoms. The van der Waals surface area contributed by atoms with Crippen LogP contribution in [0.1, 0.15) is 138 Å². The SMILES string of the molecule is CN[C@@H](CC(C)C)C(=O)N[C@H]1C(=O)N[C@@H](CC(N)=O)C(=O)NC2C(=O)N[C@@H]3C(=O)N[C@@H](C(=O)N[C@@H](C(=O)O)c4cc(O)cc(O)c4-c4cc3ccc4O)[C@H](O)c3ccc(c(Cl)c3)Oc3cc2cc(c3OC2O[C@@H](CO)[C@@H](O)[C@@H](O)[C@H]2O[C@H]2CC(C)(NCCn3ccc(NC(=O)C4CCC(C)CC4)nc3=O)[C@@H](O)C(C)O2)Oc2ccc(cc2Cl)[C@H]1O. The van der Waals surface area contributed by atoms with Crippen molar-refractivity contribution in [2.45, 2.75) is 195 Å². The minimum absolute atomic E-state index is 0.00261. The van der Waals surface area contributed by atoms with Gasteiger partial charge >= 0.3 is 11.7 Å². The highest BCUT2D eigenvalue weighted by atomic mass is 35.5. The van der Waals surface area contributed by atoms with Gasteiger partial charge in [0.05, 0.1) is 41.3 Å². The van der Waals surface area contributed by atoms with Crippen LogP contribution in [0.2, 0.25) is 10.0 Å². The van der Waals surface area contributed by atoms with Crippen LogP contribution in [0.15, 0.2) is 95.9 Å². The number of aliphatic hydroxyl groups is 6. The molecule has 38 nitrogen and oxygen atoms in total. The molecule has 21 N–H and O–H groups in total. The Kier molecular flexibility index (Phi) is 27.3. The average Bonchev–Trinajstić information content (AvgIpc) is 0.763. The van der Waals surface area contributed by atoms with Gasteiger partial charge in [0.25, 0.3) is 0 Å². The van der Waals surface area contributed by atoms with E-state index < -0.39 is 243 Å². The second kappa shape index (κ2) is 37.0. The van der Waals surface area contributed by atoms with E-state index in [-0.39, 0.29) is 77.0 Å². The summed E-state index contributed by atoms with van der Waals surface area (Å²) in [5.41, 5.74) is 0.756. The zero-order chi connectivity index (χ0) is 86.8. The molecular formula is C80H94Cl2N12O26. The number of nitrogens with one attached hydrogen (secondary N) is 9. The largest absolute Gasteiger partial charge is 0.508 e. The molecule has 11 bridgehead atoms. The quantitative estimate of drug-likeness (QED) is 0.0549. The number of aliphatic carboxylic acids is 1. The molecule has 644 valence electrons. The van der Waals surface area contributed by atoms with Gasteiger partial charge in [0.2, 0.25) is 59.3 Å². The molecule has 1 aromatic heterocycles. The first-order valence-corrected chi connectivity index (χ1v) is 39.5. The molecule has 120 heavy (non-hydrogen) atoms. The van der Waals surface area contributed by atoms with Crippen LogP contribution in [0.4, 0.5) is 5.82 Å². The molecule has 1 aliphatic carbocycles. The summed E-state index contributed by atoms with van der Waals surface area (Å²) in [6, 6.07) is 0.512. The van der Waals surface area contributed by atoms with Crippen molar-refractivity contribution in [2.24, 2.45) is 23.5 Å². The molecule has 5 aromatic carbocycles. The lowest BCUT2D eigenvalue weighted by Crippen LogP contribution is -2.65. The molecule has 40 heteroatoms. The van der Waals surface area contributed by atoms with Crippen LogP contribution < -0.4 is 73.5 Å². The van der Waals surface area contributed by atoms with Crippen molar-refractivity contribution in [3.8, 4) is 57.1 Å². The summed E-state index contributed by atoms with van der Waals surface area (Å²) >= 11 is 14.3. The number of aromatic hydroxyl groups is 3. The van der Waals surface area contributed by atoms with Crippen LogP contribution in [0.25, 0.3) is 11.1 Å². The predicted molar refractivity (Wildman–Crippen MR) is 421 cm³/mol. The number of hydrogen-bond donors (Lipinski definition) is 20. The second-order valence-electron chi connectivity index (χ2n) is 31.3. The summed E-state index contributed by atoms with van der Waals surface area (Å²) in [5.74, 6) is -16.2. The molecule has 14 rings (SSSR count). The molecule has 1 saturated carbocycles. The number of aliphatic hydroxyl groups excluding tert-OH is 6. The molecule has 8 amide bonds. The van der Waals surface area contributed by atoms with E-state index in [2.05, 4.69) is 59.8 Å². The fourth-order valence-electron chi connectivity index (χ4n) is 15.5. The fourth-order valence-corrected chi connectivity index (χ4v) is 16.0. The maximum atomic E-state index is 16.2. The van der Waals surface area contributed by atoms with E-state index in [4.69, 9.17) is 57.4 Å². The Morgan fingerprint density at radius 1 is 0.717 bits per heavy atom. The maximum absolute atomic E-state index is 16.2. The number of fused-ring (bicyclic) bond motifs is 15. The summed E-state index contributed by atoms with van der Waals surface area (Å²) in [4.78, 5) is 149. The number of nitrogens with zero attached hydrogens (tertiary/aromatic N) is 2. The standard InChI is InChI=1S/C80H94Cl2N12O26/c1-32(2)21-45(84-6)71(106)92-61-63(100)37-12-15-49(43(81)23-37)116-51-25-39-26-52(67(51)120-78-68(66(103)65(102)53(31-95)118-78)119-56-30-80(5,69(104)34(4)115-56)85-18-20-94-19-17-55(88-79(94)114)87-70(105)35-9-7-33(3)8-10-35)117-50-16-13-38(24-44(50)82)64(101)62-76(111)91-60(77(112)113)42-27-40(96)28-48(98)57(42)41-22-36(11-14-47(41)97)58(73(108)93-62)90-74(109)59(39)89-72(107)46(29-54(83)99)86-75(61)110/h11-17,19,22-28,32-35,45-46,53,56,58-66,68-69,78,84-85,95-98,100-104H,7-10,18,20-21,29-31H2,1-6H3,(H2,83,99)(H,86,110)(H,89,107)(H,90,109)(H,91,111)(H,92,106)(H,93,108)(H,112,113)(H,87,88,105,114)/t33?,34?,35?,45-,46-,53-,56-,58-,59?,60+,61+,62+,63+,64+,65+,66+,68+,69-,78?,80?/m0/s1. The third-order valence-electron chi connectivity index (χ3n) is 22.1. The number of benzene rings is 5. The number of anilines is 1. The zero-order valence-corrected chi connectivity index (χ0v) is 67.0. The summed E-state index contributed by atoms with van der Waals surface area (Å²) in [7, 11) is 1.47. The zero-order valence-electron chi connectivity index (χ0n) is 65.5. The van der Waals surface area contributed by atoms with E-state index in [1.165, 1.54) is 42.9 Å². The van der Waals surface area contributed by atoms with Gasteiger partial charge < -0.3 is 133 Å². The number of carboxylic acid groups (broad SMARTS) is 1. The van der Waals surface area contributed by atoms with E-state index in [0.29, 0.717) is 18.8 Å². The lowest BCUT2D eigenvalue weighted by atomic mass is 9.82. The number of carboxylic acids is 1. The number of primary amides is 1. The Balaban J connectivity index is 1.00. The van der Waals surface area contributed by atoms with E-state index in [0.717, 1.165) is 79.6 Å². The van der Waals surface area contributed by atoms with Gasteiger partial charge in [-0.15, -0.1) is 0 Å². The highest BCUT2D eigenvalue weighted by molar-refractivity contribution is 6.32. The van der Waals surface area contributed by atoms with E-state index in [1.807, 2.05) is 13.8 Å². The first-order valence-electron chi connectivity index (χ1n) is 38.7. The van der Waals surface area contributed by atoms with Crippen molar-refractivity contribution < 1.29 is 123 Å². The number of ether oxygens (including phenoxy) is 6. The lowest BCUT2D eigenvalue weighted by molar-refractivity contribution is -0.334. The van der Waals surface area contributed by atoms with Gasteiger partial charge in [-0.25, -0.2) is 9.59 Å². The Bertz CT molecular complexity index is 5000. The number of amides is 8. The molecule has 4 unspecified atom stereocenters. The van der Waals surface area contributed by atoms with E-state index >= 15 is 14.4 Å². The summed E-state index contributed by atoms with van der Waals surface area (Å²) in [6.07, 6.45) is -14.7. The van der Waals surface area contributed by atoms with Crippen molar-refractivity contribution >= 4 is 82.2 Å². The van der Waals surface area contributed by atoms with Crippen LogP contribution in [-0.2, 0) is 63.9 Å². The molecule has 0 radical (unpaired) electrons. The first kappa shape index (κ1) is 88.4. The van der Waals surface area contributed by atoms with Gasteiger partial charge in [-0.2, -0.15) is 4.98 Å². The van der Waals surface area contributed by atoms with Gasteiger partial charge in [-0.05, 0) is 148 Å². The van der Waals surface area contributed by atoms with Crippen molar-refractivity contribution in [3.05, 3.63) is 139 Å². The smallest absolute Gasteiger partial charge is 0.349 e. The van der Waals surface area contributed by atoms with Gasteiger partial charge in [0.1, 0.15) is 95.3 Å². The summed E-state index contributed by atoms with van der Waals surface area (Å²) < 4.78 is 40.6. The number of carbonyl (C=O) groups is 9. The molecule has 2 saturated heterocycles. The van der Waals surface area contributed by atoms with Crippen LogP contribution in [-0.4, -0.2) is 213 Å². The van der Waals surface area contributed by atoms with Gasteiger partial charge in [0.15, 0.2) is 29.9 Å². The highest BCUT2D eigenvalue weighted by Crippen LogP contribution is 2.50. The number of likely N-dealkylation sites (N-methyl/N-ethyl adjacent to an activating group) is 1. The Morgan fingerprint density at radius 3 is 1.97 bits per heavy atom. The van der Waals surface area contributed by atoms with Crippen LogP contribution in [0.3, 0.4) is 0 Å². The number of phenolic OH excluding ortho intramolecular Hbond substituents is 3. The fraction of sp³-hybridized carbons (Fsp3) is 0.463. The van der Waals surface area contributed by atoms with Gasteiger partial charge in [-0.3, -0.25) is 42.9 Å². The number of hydrogen-bond acceptors (Lipinski definition) is 28. The highest BCUT2D eigenvalue weighted by Gasteiger charge is 2.52. The minimum Gasteiger partial charge on any atom is -0.508 e. The van der Waals surface area contributed by atoms with Crippen LogP contribution in [0.5, 0.6) is 46.0 Å². The van der Waals surface area contributed by atoms with Crippen molar-refractivity contribution in [2.75, 3.05) is 25.5 Å². The monoisotopic (exact) mass is 1710 g/mol. The number of carbonyl (C=O) groups excluding carboxylic acids is 8. The van der Waals surface area contributed by atoms with Crippen LogP contribution >= 0.6 is 23.2 Å². The number of phenols is 3. The minimum atomic E-state index is -2.39. The Hall–Kier alpha value is -10.8. The number of halogens is 2. The van der Waals surface area contributed by atoms with E-state index in [9.17, 15) is 84.6 Å². The number of nitrogens with two attached hydrogens (primary N) is 1. The van der Waals surface area contributed by atoms with Crippen LogP contribution in [0, 0.1) is 17.8 Å². The van der Waals surface area contributed by atoms with Crippen molar-refractivity contribution in [1.29, 1.82) is 0 Å². The molecule has 3 fully saturated rings. The predicted octanol–water partition coefficient (Wildman–Crippen LogP) is 1.76. The normalized spacial score (nSPS) is 28.6. The van der Waals surface area contributed by atoms with Crippen molar-refractivity contribution in [3.63, 3.8) is 0 Å². The molecular weight excluding hydrogens is 1620 g/mol. The third kappa shape index (κ3) is 19.4. The topological polar surface area (TPSA) is 580 Å². The first-order chi connectivity index (χ1) is 56.9. The molecule has 8 heterocycles. The van der Waals surface area contributed by atoms with Gasteiger partial charge in [0, 0.05) is 59.9 Å². The average molecular weight is 1710 g/mol. The number of aromatic nitrogens is 2. The number of rotatable bonds is 19. The molecule has 18 atom stereocenters. The maximum Gasteiger partial charge on any atom is 0.349 e.